The SMILES string of the molecule is CCCNc1cc(NC(C)c2nncn2C)ccn1. The lowest BCUT2D eigenvalue weighted by Gasteiger charge is -2.15. The van der Waals surface area contributed by atoms with Crippen molar-refractivity contribution in [3.05, 3.63) is 30.5 Å². The third-order valence-electron chi connectivity index (χ3n) is 2.83. The number of pyridine rings is 1. The highest BCUT2D eigenvalue weighted by Crippen LogP contribution is 2.18. The largest absolute Gasteiger partial charge is 0.375 e. The van der Waals surface area contributed by atoms with Gasteiger partial charge in [-0.25, -0.2) is 4.98 Å². The van der Waals surface area contributed by atoms with Gasteiger partial charge in [0.25, 0.3) is 0 Å². The summed E-state index contributed by atoms with van der Waals surface area (Å²) in [4.78, 5) is 4.28. The molecule has 0 amide bonds. The van der Waals surface area contributed by atoms with Crippen LogP contribution in [0.15, 0.2) is 24.7 Å². The summed E-state index contributed by atoms with van der Waals surface area (Å²) in [5.41, 5.74) is 1.02. The van der Waals surface area contributed by atoms with Crippen LogP contribution in [-0.2, 0) is 7.05 Å². The molecule has 2 aromatic rings. The molecule has 2 aromatic heterocycles. The van der Waals surface area contributed by atoms with Crippen molar-refractivity contribution in [1.82, 2.24) is 19.7 Å². The molecule has 2 rings (SSSR count). The van der Waals surface area contributed by atoms with E-state index in [-0.39, 0.29) is 6.04 Å². The Hall–Kier alpha value is -2.11. The summed E-state index contributed by atoms with van der Waals surface area (Å²) < 4.78 is 1.91. The van der Waals surface area contributed by atoms with Crippen LogP contribution >= 0.6 is 0 Å². The summed E-state index contributed by atoms with van der Waals surface area (Å²) in [5.74, 6) is 1.79. The molecule has 0 aliphatic rings. The Labute approximate surface area is 113 Å². The first-order valence-electron chi connectivity index (χ1n) is 6.51. The standard InChI is InChI=1S/C13H20N6/c1-4-6-14-12-8-11(5-7-15-12)17-10(2)13-18-16-9-19(13)3/h5,7-10H,4,6H2,1-3H3,(H2,14,15,17). The van der Waals surface area contributed by atoms with Gasteiger partial charge in [-0.3, -0.25) is 0 Å². The molecule has 1 atom stereocenters. The second-order valence-electron chi connectivity index (χ2n) is 4.52. The summed E-state index contributed by atoms with van der Waals surface area (Å²) in [5, 5.41) is 14.7. The van der Waals surface area contributed by atoms with E-state index < -0.39 is 0 Å². The lowest BCUT2D eigenvalue weighted by atomic mass is 10.3. The minimum absolute atomic E-state index is 0.0916. The van der Waals surface area contributed by atoms with Crippen molar-refractivity contribution in [3.63, 3.8) is 0 Å². The van der Waals surface area contributed by atoms with E-state index in [1.807, 2.05) is 23.7 Å². The fourth-order valence-corrected chi connectivity index (χ4v) is 1.87. The van der Waals surface area contributed by atoms with Gasteiger partial charge in [0.15, 0.2) is 5.82 Å². The maximum atomic E-state index is 4.28. The Bertz CT molecular complexity index is 521. The number of rotatable bonds is 6. The molecule has 0 bridgehead atoms. The highest BCUT2D eigenvalue weighted by atomic mass is 15.3. The van der Waals surface area contributed by atoms with Crippen molar-refractivity contribution in [1.29, 1.82) is 0 Å². The monoisotopic (exact) mass is 260 g/mol. The first kappa shape index (κ1) is 13.3. The molecular formula is C13H20N6. The van der Waals surface area contributed by atoms with E-state index in [9.17, 15) is 0 Å². The first-order chi connectivity index (χ1) is 9.20. The van der Waals surface area contributed by atoms with Crippen molar-refractivity contribution in [2.24, 2.45) is 7.05 Å². The average molecular weight is 260 g/mol. The van der Waals surface area contributed by atoms with Crippen LogP contribution in [0.25, 0.3) is 0 Å². The third kappa shape index (κ3) is 3.43. The third-order valence-corrected chi connectivity index (χ3v) is 2.83. The summed E-state index contributed by atoms with van der Waals surface area (Å²) in [7, 11) is 1.94. The number of hydrogen-bond acceptors (Lipinski definition) is 5. The van der Waals surface area contributed by atoms with E-state index in [0.29, 0.717) is 0 Å². The van der Waals surface area contributed by atoms with Gasteiger partial charge in [0.1, 0.15) is 12.1 Å². The first-order valence-corrected chi connectivity index (χ1v) is 6.51. The summed E-state index contributed by atoms with van der Waals surface area (Å²) >= 11 is 0. The molecule has 0 radical (unpaired) electrons. The quantitative estimate of drug-likeness (QED) is 0.833. The minimum Gasteiger partial charge on any atom is -0.375 e. The highest BCUT2D eigenvalue weighted by molar-refractivity contribution is 5.52. The zero-order chi connectivity index (χ0) is 13.7. The predicted octanol–water partition coefficient (Wildman–Crippen LogP) is 2.21. The molecule has 0 aliphatic heterocycles. The molecule has 0 spiro atoms. The summed E-state index contributed by atoms with van der Waals surface area (Å²) in [6.07, 6.45) is 4.58. The Morgan fingerprint density at radius 1 is 1.42 bits per heavy atom. The van der Waals surface area contributed by atoms with Crippen LogP contribution in [0.1, 0.15) is 32.1 Å². The van der Waals surface area contributed by atoms with Crippen molar-refractivity contribution in [3.8, 4) is 0 Å². The van der Waals surface area contributed by atoms with E-state index in [1.54, 1.807) is 12.5 Å². The van der Waals surface area contributed by atoms with E-state index >= 15 is 0 Å². The summed E-state index contributed by atoms with van der Waals surface area (Å²) in [6, 6.07) is 4.04. The van der Waals surface area contributed by atoms with Crippen molar-refractivity contribution < 1.29 is 0 Å². The molecule has 0 aliphatic carbocycles. The van der Waals surface area contributed by atoms with E-state index in [1.165, 1.54) is 0 Å². The molecule has 0 fully saturated rings. The van der Waals surface area contributed by atoms with Crippen LogP contribution in [0, 0.1) is 0 Å². The van der Waals surface area contributed by atoms with Gasteiger partial charge in [0, 0.05) is 31.5 Å². The number of nitrogens with zero attached hydrogens (tertiary/aromatic N) is 4. The molecule has 102 valence electrons. The molecule has 0 saturated carbocycles. The van der Waals surface area contributed by atoms with E-state index in [0.717, 1.165) is 30.3 Å². The molecule has 2 N–H and O–H groups in total. The number of aryl methyl sites for hydroxylation is 1. The summed E-state index contributed by atoms with van der Waals surface area (Å²) in [6.45, 7) is 5.12. The molecule has 6 heteroatoms. The smallest absolute Gasteiger partial charge is 0.154 e. The minimum atomic E-state index is 0.0916. The van der Waals surface area contributed by atoms with E-state index in [4.69, 9.17) is 0 Å². The Kier molecular flexibility index (Phi) is 4.33. The van der Waals surface area contributed by atoms with Gasteiger partial charge in [-0.1, -0.05) is 6.92 Å². The number of nitrogens with one attached hydrogen (secondary N) is 2. The van der Waals surface area contributed by atoms with Gasteiger partial charge in [-0.15, -0.1) is 10.2 Å². The molecular weight excluding hydrogens is 240 g/mol. The van der Waals surface area contributed by atoms with Crippen LogP contribution < -0.4 is 10.6 Å². The molecule has 1 unspecified atom stereocenters. The Morgan fingerprint density at radius 2 is 2.26 bits per heavy atom. The topological polar surface area (TPSA) is 67.7 Å². The van der Waals surface area contributed by atoms with Gasteiger partial charge in [-0.2, -0.15) is 0 Å². The van der Waals surface area contributed by atoms with Gasteiger partial charge in [-0.05, 0) is 19.4 Å². The average Bonchev–Trinajstić information content (AvgIpc) is 2.83. The maximum Gasteiger partial charge on any atom is 0.154 e. The van der Waals surface area contributed by atoms with Crippen molar-refractivity contribution in [2.75, 3.05) is 17.2 Å². The molecule has 6 nitrogen and oxygen atoms in total. The lowest BCUT2D eigenvalue weighted by molar-refractivity contribution is 0.719. The molecule has 0 saturated heterocycles. The number of anilines is 2. The Balaban J connectivity index is 2.04. The zero-order valence-electron chi connectivity index (χ0n) is 11.6. The van der Waals surface area contributed by atoms with Gasteiger partial charge in [0.2, 0.25) is 0 Å². The number of aromatic nitrogens is 4. The lowest BCUT2D eigenvalue weighted by Crippen LogP contribution is -2.12. The van der Waals surface area contributed by atoms with Crippen LogP contribution in [0.2, 0.25) is 0 Å². The highest BCUT2D eigenvalue weighted by Gasteiger charge is 2.11. The van der Waals surface area contributed by atoms with Gasteiger partial charge >= 0.3 is 0 Å². The normalized spacial score (nSPS) is 12.2. The maximum absolute atomic E-state index is 4.28. The predicted molar refractivity (Wildman–Crippen MR) is 76.1 cm³/mol. The van der Waals surface area contributed by atoms with Crippen LogP contribution in [0.4, 0.5) is 11.5 Å². The second-order valence-corrected chi connectivity index (χ2v) is 4.52. The molecule has 2 heterocycles. The molecule has 0 aromatic carbocycles. The molecule has 19 heavy (non-hydrogen) atoms. The van der Waals surface area contributed by atoms with Crippen molar-refractivity contribution in [2.45, 2.75) is 26.3 Å². The van der Waals surface area contributed by atoms with Crippen LogP contribution in [0.3, 0.4) is 0 Å². The zero-order valence-corrected chi connectivity index (χ0v) is 11.6. The van der Waals surface area contributed by atoms with Gasteiger partial charge < -0.3 is 15.2 Å². The Morgan fingerprint density at radius 3 is 2.95 bits per heavy atom. The fraction of sp³-hybridized carbons (Fsp3) is 0.462. The van der Waals surface area contributed by atoms with Crippen LogP contribution in [0.5, 0.6) is 0 Å². The second kappa shape index (κ2) is 6.17. The fourth-order valence-electron chi connectivity index (χ4n) is 1.87. The van der Waals surface area contributed by atoms with Gasteiger partial charge in [0.05, 0.1) is 6.04 Å². The van der Waals surface area contributed by atoms with Crippen LogP contribution in [-0.4, -0.2) is 26.3 Å². The van der Waals surface area contributed by atoms with E-state index in [2.05, 4.69) is 39.7 Å². The number of hydrogen-bond donors (Lipinski definition) is 2. The van der Waals surface area contributed by atoms with Crippen molar-refractivity contribution >= 4 is 11.5 Å².